The molecule has 2 aliphatic rings. The number of benzene rings is 1. The van der Waals surface area contributed by atoms with Crippen LogP contribution in [0.3, 0.4) is 0 Å². The Hall–Kier alpha value is -1.55. The minimum absolute atomic E-state index is 0.126. The average Bonchev–Trinajstić information content (AvgIpc) is 3.11. The second-order valence-corrected chi connectivity index (χ2v) is 6.19. The van der Waals surface area contributed by atoms with Crippen molar-refractivity contribution in [2.75, 3.05) is 36.4 Å². The molecule has 0 aromatic heterocycles. The van der Waals surface area contributed by atoms with Gasteiger partial charge in [-0.05, 0) is 50.9 Å². The van der Waals surface area contributed by atoms with E-state index in [4.69, 9.17) is 0 Å². The number of hydrogen-bond donors (Lipinski definition) is 2. The van der Waals surface area contributed by atoms with Crippen LogP contribution in [0.2, 0.25) is 0 Å². The van der Waals surface area contributed by atoms with Crippen LogP contribution >= 0.6 is 0 Å². The molecular formula is C16H23N3O. The zero-order valence-corrected chi connectivity index (χ0v) is 12.1. The molecule has 0 spiro atoms. The minimum Gasteiger partial charge on any atom is -0.371 e. The van der Waals surface area contributed by atoms with E-state index >= 15 is 0 Å². The highest BCUT2D eigenvalue weighted by Crippen LogP contribution is 2.28. The van der Waals surface area contributed by atoms with Gasteiger partial charge in [-0.2, -0.15) is 0 Å². The van der Waals surface area contributed by atoms with Crippen molar-refractivity contribution in [2.45, 2.75) is 26.2 Å². The lowest BCUT2D eigenvalue weighted by molar-refractivity contribution is -0.123. The summed E-state index contributed by atoms with van der Waals surface area (Å²) < 4.78 is 0. The third-order valence-corrected chi connectivity index (χ3v) is 4.49. The van der Waals surface area contributed by atoms with Crippen LogP contribution in [-0.4, -0.2) is 32.1 Å². The number of carbonyl (C=O) groups excluding carboxylic acids is 1. The summed E-state index contributed by atoms with van der Waals surface area (Å²) in [6.45, 7) is 5.98. The van der Waals surface area contributed by atoms with E-state index in [1.807, 2.05) is 19.1 Å². The fourth-order valence-electron chi connectivity index (χ4n) is 3.05. The van der Waals surface area contributed by atoms with Gasteiger partial charge in [-0.15, -0.1) is 0 Å². The van der Waals surface area contributed by atoms with Gasteiger partial charge < -0.3 is 15.5 Å². The smallest absolute Gasteiger partial charge is 0.231 e. The van der Waals surface area contributed by atoms with E-state index in [2.05, 4.69) is 27.7 Å². The maximum atomic E-state index is 12.4. The summed E-state index contributed by atoms with van der Waals surface area (Å²) in [6, 6.07) is 8.22. The number of rotatable bonds is 3. The normalized spacial score (nSPS) is 25.9. The van der Waals surface area contributed by atoms with Gasteiger partial charge >= 0.3 is 0 Å². The molecule has 2 N–H and O–H groups in total. The molecule has 3 rings (SSSR count). The van der Waals surface area contributed by atoms with Gasteiger partial charge in [0.05, 0.1) is 5.41 Å². The Kier molecular flexibility index (Phi) is 3.66. The van der Waals surface area contributed by atoms with Crippen LogP contribution in [0.5, 0.6) is 0 Å². The Labute approximate surface area is 120 Å². The molecule has 1 unspecified atom stereocenters. The summed E-state index contributed by atoms with van der Waals surface area (Å²) in [6.07, 6.45) is 3.44. The molecule has 4 heteroatoms. The number of nitrogens with zero attached hydrogens (tertiary/aromatic N) is 1. The zero-order valence-electron chi connectivity index (χ0n) is 12.1. The van der Waals surface area contributed by atoms with Crippen LogP contribution in [0.4, 0.5) is 11.4 Å². The molecular weight excluding hydrogens is 250 g/mol. The quantitative estimate of drug-likeness (QED) is 0.887. The predicted molar refractivity (Wildman–Crippen MR) is 82.1 cm³/mol. The second kappa shape index (κ2) is 5.44. The van der Waals surface area contributed by atoms with E-state index in [9.17, 15) is 4.79 Å². The van der Waals surface area contributed by atoms with Crippen molar-refractivity contribution < 1.29 is 4.79 Å². The van der Waals surface area contributed by atoms with Crippen LogP contribution in [0, 0.1) is 5.41 Å². The standard InChI is InChI=1S/C16H23N3O/c1-16(7-8-17-12-16)15(20)18-13-5-4-6-14(11-13)19-9-2-3-10-19/h4-6,11,17H,2-3,7-10,12H2,1H3,(H,18,20). The van der Waals surface area contributed by atoms with Crippen LogP contribution in [-0.2, 0) is 4.79 Å². The molecule has 1 amide bonds. The first-order chi connectivity index (χ1) is 9.67. The van der Waals surface area contributed by atoms with Gasteiger partial charge in [-0.3, -0.25) is 4.79 Å². The van der Waals surface area contributed by atoms with Crippen molar-refractivity contribution in [3.63, 3.8) is 0 Å². The first kappa shape index (κ1) is 13.4. The van der Waals surface area contributed by atoms with Gasteiger partial charge in [0.2, 0.25) is 5.91 Å². The Morgan fingerprint density at radius 3 is 2.85 bits per heavy atom. The molecule has 4 nitrogen and oxygen atoms in total. The summed E-state index contributed by atoms with van der Waals surface area (Å²) in [5.74, 6) is 0.126. The highest BCUT2D eigenvalue weighted by molar-refractivity contribution is 5.95. The van der Waals surface area contributed by atoms with E-state index in [-0.39, 0.29) is 11.3 Å². The van der Waals surface area contributed by atoms with E-state index in [1.165, 1.54) is 18.5 Å². The highest BCUT2D eigenvalue weighted by atomic mass is 16.2. The molecule has 0 bridgehead atoms. The Morgan fingerprint density at radius 2 is 2.15 bits per heavy atom. The lowest BCUT2D eigenvalue weighted by Gasteiger charge is -2.23. The number of anilines is 2. The SMILES string of the molecule is CC1(C(=O)Nc2cccc(N3CCCC3)c2)CCNC1. The first-order valence-electron chi connectivity index (χ1n) is 7.55. The third kappa shape index (κ3) is 2.66. The second-order valence-electron chi connectivity index (χ2n) is 6.19. The summed E-state index contributed by atoms with van der Waals surface area (Å²) in [4.78, 5) is 14.8. The van der Waals surface area contributed by atoms with Crippen molar-refractivity contribution in [1.82, 2.24) is 5.32 Å². The third-order valence-electron chi connectivity index (χ3n) is 4.49. The fourth-order valence-corrected chi connectivity index (χ4v) is 3.05. The van der Waals surface area contributed by atoms with Crippen molar-refractivity contribution in [3.8, 4) is 0 Å². The van der Waals surface area contributed by atoms with Crippen LogP contribution in [0.15, 0.2) is 24.3 Å². The molecule has 0 aliphatic carbocycles. The zero-order chi connectivity index (χ0) is 14.0. The van der Waals surface area contributed by atoms with E-state index in [0.717, 1.165) is 38.3 Å². The molecule has 0 saturated carbocycles. The van der Waals surface area contributed by atoms with Crippen molar-refractivity contribution in [3.05, 3.63) is 24.3 Å². The van der Waals surface area contributed by atoms with Crippen molar-refractivity contribution in [1.29, 1.82) is 0 Å². The molecule has 0 radical (unpaired) electrons. The highest BCUT2D eigenvalue weighted by Gasteiger charge is 2.36. The predicted octanol–water partition coefficient (Wildman–Crippen LogP) is 2.22. The molecule has 2 aliphatic heterocycles. The monoisotopic (exact) mass is 273 g/mol. The minimum atomic E-state index is -0.274. The van der Waals surface area contributed by atoms with Crippen molar-refractivity contribution >= 4 is 17.3 Å². The van der Waals surface area contributed by atoms with Gasteiger partial charge in [-0.25, -0.2) is 0 Å². The summed E-state index contributed by atoms with van der Waals surface area (Å²) in [5, 5.41) is 6.35. The van der Waals surface area contributed by atoms with Crippen molar-refractivity contribution in [2.24, 2.45) is 5.41 Å². The number of carbonyl (C=O) groups is 1. The van der Waals surface area contributed by atoms with Gasteiger partial charge in [0.1, 0.15) is 0 Å². The molecule has 1 aromatic carbocycles. The average molecular weight is 273 g/mol. The lowest BCUT2D eigenvalue weighted by atomic mass is 9.89. The van der Waals surface area contributed by atoms with E-state index in [0.29, 0.717) is 0 Å². The van der Waals surface area contributed by atoms with Crippen LogP contribution in [0.1, 0.15) is 26.2 Å². The fraction of sp³-hybridized carbons (Fsp3) is 0.562. The lowest BCUT2D eigenvalue weighted by Crippen LogP contribution is -2.35. The maximum Gasteiger partial charge on any atom is 0.231 e. The van der Waals surface area contributed by atoms with Gasteiger partial charge in [-0.1, -0.05) is 6.07 Å². The molecule has 1 aromatic rings. The number of hydrogen-bond acceptors (Lipinski definition) is 3. The topological polar surface area (TPSA) is 44.4 Å². The largest absolute Gasteiger partial charge is 0.371 e. The van der Waals surface area contributed by atoms with Crippen LogP contribution < -0.4 is 15.5 Å². The molecule has 2 fully saturated rings. The number of nitrogens with one attached hydrogen (secondary N) is 2. The first-order valence-corrected chi connectivity index (χ1v) is 7.55. The van der Waals surface area contributed by atoms with Gasteiger partial charge in [0, 0.05) is 31.0 Å². The van der Waals surface area contributed by atoms with Crippen LogP contribution in [0.25, 0.3) is 0 Å². The molecule has 2 saturated heterocycles. The molecule has 1 atom stereocenters. The Morgan fingerprint density at radius 1 is 1.35 bits per heavy atom. The molecule has 108 valence electrons. The molecule has 2 heterocycles. The molecule has 20 heavy (non-hydrogen) atoms. The summed E-state index contributed by atoms with van der Waals surface area (Å²) >= 11 is 0. The number of amides is 1. The summed E-state index contributed by atoms with van der Waals surface area (Å²) in [7, 11) is 0. The Bertz CT molecular complexity index is 488. The Balaban J connectivity index is 1.71. The van der Waals surface area contributed by atoms with Gasteiger partial charge in [0.15, 0.2) is 0 Å². The maximum absolute atomic E-state index is 12.4. The summed E-state index contributed by atoms with van der Waals surface area (Å²) in [5.41, 5.74) is 1.85. The van der Waals surface area contributed by atoms with Gasteiger partial charge in [0.25, 0.3) is 0 Å². The van der Waals surface area contributed by atoms with E-state index < -0.39 is 0 Å². The van der Waals surface area contributed by atoms with E-state index in [1.54, 1.807) is 0 Å².